The van der Waals surface area contributed by atoms with Gasteiger partial charge in [0.1, 0.15) is 5.82 Å². The first-order valence-corrected chi connectivity index (χ1v) is 7.14. The number of hydrogen-bond acceptors (Lipinski definition) is 1. The molecule has 0 saturated heterocycles. The Morgan fingerprint density at radius 2 is 1.95 bits per heavy atom. The molecule has 0 aliphatic heterocycles. The summed E-state index contributed by atoms with van der Waals surface area (Å²) >= 11 is 6.11. The second kappa shape index (κ2) is 4.78. The highest BCUT2D eigenvalue weighted by molar-refractivity contribution is 6.30. The van der Waals surface area contributed by atoms with Gasteiger partial charge in [0.05, 0.1) is 11.7 Å². The van der Waals surface area contributed by atoms with E-state index in [1.807, 2.05) is 18.2 Å². The van der Waals surface area contributed by atoms with Crippen molar-refractivity contribution in [1.29, 1.82) is 0 Å². The van der Waals surface area contributed by atoms with Gasteiger partial charge in [-0.2, -0.15) is 0 Å². The molecule has 2 aromatic carbocycles. The van der Waals surface area contributed by atoms with E-state index >= 15 is 0 Å². The van der Waals surface area contributed by atoms with Gasteiger partial charge < -0.3 is 5.32 Å². The van der Waals surface area contributed by atoms with Gasteiger partial charge >= 0.3 is 0 Å². The highest BCUT2D eigenvalue weighted by Crippen LogP contribution is 2.47. The van der Waals surface area contributed by atoms with Crippen LogP contribution in [0.4, 0.5) is 10.1 Å². The number of halogens is 2. The Labute approximate surface area is 123 Å². The lowest BCUT2D eigenvalue weighted by Gasteiger charge is -2.29. The minimum atomic E-state index is -0.223. The molecule has 1 aliphatic carbocycles. The van der Waals surface area contributed by atoms with Crippen LogP contribution in [0.1, 0.15) is 31.0 Å². The van der Waals surface area contributed by atoms with Crippen molar-refractivity contribution in [2.24, 2.45) is 5.41 Å². The molecule has 3 rings (SSSR count). The molecule has 0 heterocycles. The standard InChI is InChI=1S/C17H17ClFN/c1-17(2)10-11-7-8-12(18)9-13(11)16(17)20-15-6-4-3-5-14(15)19/h3-9,16,20H,10H2,1-2H3. The minimum absolute atomic E-state index is 0.0231. The second-order valence-corrected chi connectivity index (χ2v) is 6.50. The minimum Gasteiger partial charge on any atom is -0.375 e. The molecule has 1 nitrogen and oxygen atoms in total. The van der Waals surface area contributed by atoms with E-state index in [4.69, 9.17) is 11.6 Å². The molecule has 104 valence electrons. The molecular formula is C17H17ClFN. The third-order valence-electron chi connectivity index (χ3n) is 4.02. The van der Waals surface area contributed by atoms with Gasteiger partial charge in [0.25, 0.3) is 0 Å². The monoisotopic (exact) mass is 289 g/mol. The Morgan fingerprint density at radius 3 is 2.70 bits per heavy atom. The van der Waals surface area contributed by atoms with E-state index in [2.05, 4.69) is 25.2 Å². The van der Waals surface area contributed by atoms with Crippen LogP contribution >= 0.6 is 11.6 Å². The van der Waals surface area contributed by atoms with Gasteiger partial charge in [-0.25, -0.2) is 4.39 Å². The number of fused-ring (bicyclic) bond motifs is 1. The lowest BCUT2D eigenvalue weighted by molar-refractivity contribution is 0.336. The summed E-state index contributed by atoms with van der Waals surface area (Å²) in [6.45, 7) is 4.39. The van der Waals surface area contributed by atoms with Crippen LogP contribution in [0.3, 0.4) is 0 Å². The van der Waals surface area contributed by atoms with Crippen LogP contribution in [0.15, 0.2) is 42.5 Å². The highest BCUT2D eigenvalue weighted by atomic mass is 35.5. The van der Waals surface area contributed by atoms with Gasteiger partial charge in [-0.3, -0.25) is 0 Å². The van der Waals surface area contributed by atoms with E-state index in [9.17, 15) is 4.39 Å². The number of para-hydroxylation sites is 1. The van der Waals surface area contributed by atoms with Crippen LogP contribution in [0, 0.1) is 11.2 Å². The molecule has 1 aliphatic rings. The molecule has 0 spiro atoms. The molecule has 1 atom stereocenters. The van der Waals surface area contributed by atoms with Gasteiger partial charge in [-0.15, -0.1) is 0 Å². The zero-order valence-electron chi connectivity index (χ0n) is 11.6. The number of hydrogen-bond donors (Lipinski definition) is 1. The predicted molar refractivity (Wildman–Crippen MR) is 81.7 cm³/mol. The van der Waals surface area contributed by atoms with Crippen molar-refractivity contribution in [2.75, 3.05) is 5.32 Å². The molecule has 0 radical (unpaired) electrons. The zero-order chi connectivity index (χ0) is 14.3. The van der Waals surface area contributed by atoms with Crippen molar-refractivity contribution in [3.8, 4) is 0 Å². The van der Waals surface area contributed by atoms with Gasteiger partial charge in [0.2, 0.25) is 0 Å². The average molecular weight is 290 g/mol. The molecule has 0 bridgehead atoms. The first kappa shape index (κ1) is 13.4. The van der Waals surface area contributed by atoms with Gasteiger partial charge in [-0.1, -0.05) is 43.6 Å². The van der Waals surface area contributed by atoms with Crippen molar-refractivity contribution < 1.29 is 4.39 Å². The smallest absolute Gasteiger partial charge is 0.146 e. The Bertz CT molecular complexity index is 651. The third kappa shape index (κ3) is 2.29. The van der Waals surface area contributed by atoms with E-state index in [-0.39, 0.29) is 17.3 Å². The molecule has 20 heavy (non-hydrogen) atoms. The van der Waals surface area contributed by atoms with Crippen molar-refractivity contribution in [3.63, 3.8) is 0 Å². The van der Waals surface area contributed by atoms with E-state index in [0.29, 0.717) is 5.69 Å². The van der Waals surface area contributed by atoms with Crippen molar-refractivity contribution in [1.82, 2.24) is 0 Å². The molecular weight excluding hydrogens is 273 g/mol. The Balaban J connectivity index is 2.00. The van der Waals surface area contributed by atoms with Gasteiger partial charge in [0.15, 0.2) is 0 Å². The molecule has 2 aromatic rings. The number of rotatable bonds is 2. The van der Waals surface area contributed by atoms with Crippen LogP contribution in [-0.4, -0.2) is 0 Å². The number of nitrogens with one attached hydrogen (secondary N) is 1. The molecule has 1 N–H and O–H groups in total. The molecule has 3 heteroatoms. The first-order chi connectivity index (χ1) is 9.47. The maximum Gasteiger partial charge on any atom is 0.146 e. The lowest BCUT2D eigenvalue weighted by Crippen LogP contribution is -2.24. The summed E-state index contributed by atoms with van der Waals surface area (Å²) in [6, 6.07) is 12.8. The van der Waals surface area contributed by atoms with Crippen LogP contribution in [-0.2, 0) is 6.42 Å². The Kier molecular flexibility index (Phi) is 3.21. The summed E-state index contributed by atoms with van der Waals surface area (Å²) in [6.07, 6.45) is 0.964. The number of anilines is 1. The van der Waals surface area contributed by atoms with E-state index in [1.54, 1.807) is 12.1 Å². The highest BCUT2D eigenvalue weighted by Gasteiger charge is 2.39. The SMILES string of the molecule is CC1(C)Cc2ccc(Cl)cc2C1Nc1ccccc1F. The molecule has 1 unspecified atom stereocenters. The summed E-state index contributed by atoms with van der Waals surface area (Å²) in [5.41, 5.74) is 3.02. The van der Waals surface area contributed by atoms with E-state index in [0.717, 1.165) is 11.4 Å². The third-order valence-corrected chi connectivity index (χ3v) is 4.26. The largest absolute Gasteiger partial charge is 0.375 e. The fourth-order valence-electron chi connectivity index (χ4n) is 3.02. The van der Waals surface area contributed by atoms with Gasteiger partial charge in [-0.05, 0) is 47.2 Å². The summed E-state index contributed by atoms with van der Waals surface area (Å²) in [5, 5.41) is 4.07. The maximum absolute atomic E-state index is 13.9. The van der Waals surface area contributed by atoms with Crippen molar-refractivity contribution in [3.05, 3.63) is 64.4 Å². The summed E-state index contributed by atoms with van der Waals surface area (Å²) in [5.74, 6) is -0.223. The maximum atomic E-state index is 13.9. The van der Waals surface area contributed by atoms with E-state index in [1.165, 1.54) is 17.2 Å². The summed E-state index contributed by atoms with van der Waals surface area (Å²) < 4.78 is 13.9. The average Bonchev–Trinajstić information content (AvgIpc) is 2.63. The first-order valence-electron chi connectivity index (χ1n) is 6.77. The topological polar surface area (TPSA) is 12.0 Å². The molecule has 0 fully saturated rings. The Hall–Kier alpha value is -1.54. The zero-order valence-corrected chi connectivity index (χ0v) is 12.3. The Morgan fingerprint density at radius 1 is 1.20 bits per heavy atom. The number of benzene rings is 2. The van der Waals surface area contributed by atoms with Crippen molar-refractivity contribution >= 4 is 17.3 Å². The van der Waals surface area contributed by atoms with E-state index < -0.39 is 0 Å². The fraction of sp³-hybridized carbons (Fsp3) is 0.294. The van der Waals surface area contributed by atoms with Crippen LogP contribution in [0.25, 0.3) is 0 Å². The normalized spacial score (nSPS) is 19.7. The summed E-state index contributed by atoms with van der Waals surface area (Å²) in [7, 11) is 0. The molecule has 0 amide bonds. The summed E-state index contributed by atoms with van der Waals surface area (Å²) in [4.78, 5) is 0. The van der Waals surface area contributed by atoms with Crippen LogP contribution < -0.4 is 5.32 Å². The fourth-order valence-corrected chi connectivity index (χ4v) is 3.20. The van der Waals surface area contributed by atoms with Gasteiger partial charge in [0, 0.05) is 5.02 Å². The second-order valence-electron chi connectivity index (χ2n) is 6.07. The van der Waals surface area contributed by atoms with Crippen LogP contribution in [0.5, 0.6) is 0 Å². The van der Waals surface area contributed by atoms with Crippen LogP contribution in [0.2, 0.25) is 5.02 Å². The molecule has 0 saturated carbocycles. The lowest BCUT2D eigenvalue weighted by atomic mass is 9.85. The predicted octanol–water partition coefficient (Wildman–Crippen LogP) is 5.21. The quantitative estimate of drug-likeness (QED) is 0.800. The van der Waals surface area contributed by atoms with Crippen molar-refractivity contribution in [2.45, 2.75) is 26.3 Å². The molecule has 0 aromatic heterocycles.